The van der Waals surface area contributed by atoms with Gasteiger partial charge in [0.1, 0.15) is 0 Å². The van der Waals surface area contributed by atoms with Gasteiger partial charge in [-0.2, -0.15) is 0 Å². The van der Waals surface area contributed by atoms with Gasteiger partial charge in [-0.15, -0.1) is 0 Å². The highest BCUT2D eigenvalue weighted by atomic mass is 79.9. The monoisotopic (exact) mass is 579 g/mol. The number of para-hydroxylation sites is 3. The van der Waals surface area contributed by atoms with E-state index in [9.17, 15) is 14.4 Å². The number of amides is 2. The Labute approximate surface area is 233 Å². The second-order valence-electron chi connectivity index (χ2n) is 8.54. The van der Waals surface area contributed by atoms with Gasteiger partial charge < -0.3 is 15.4 Å². The predicted molar refractivity (Wildman–Crippen MR) is 155 cm³/mol. The summed E-state index contributed by atoms with van der Waals surface area (Å²) in [5.41, 5.74) is 3.57. The van der Waals surface area contributed by atoms with Gasteiger partial charge in [0, 0.05) is 15.4 Å². The van der Waals surface area contributed by atoms with Crippen molar-refractivity contribution in [2.45, 2.75) is 0 Å². The number of nitrogens with one attached hydrogen (secondary N) is 2. The van der Waals surface area contributed by atoms with Crippen LogP contribution in [0.25, 0.3) is 22.2 Å². The third-order valence-corrected chi connectivity index (χ3v) is 6.60. The Balaban J connectivity index is 1.35. The summed E-state index contributed by atoms with van der Waals surface area (Å²) in [6, 6.07) is 32.3. The smallest absolute Gasteiger partial charge is 0.340 e. The Morgan fingerprint density at radius 3 is 2.18 bits per heavy atom. The zero-order chi connectivity index (χ0) is 27.2. The number of nitrogens with zero attached hydrogens (tertiary/aromatic N) is 1. The fourth-order valence-electron chi connectivity index (χ4n) is 4.04. The number of carbonyl (C=O) groups excluding carboxylic acids is 3. The van der Waals surface area contributed by atoms with Crippen molar-refractivity contribution in [1.29, 1.82) is 0 Å². The van der Waals surface area contributed by atoms with Crippen molar-refractivity contribution in [3.05, 3.63) is 125 Å². The average molecular weight is 580 g/mol. The second-order valence-corrected chi connectivity index (χ2v) is 9.40. The molecule has 0 atom stereocenters. The minimum atomic E-state index is -0.738. The van der Waals surface area contributed by atoms with Crippen LogP contribution in [0, 0.1) is 0 Å². The number of esters is 1. The largest absolute Gasteiger partial charge is 0.452 e. The van der Waals surface area contributed by atoms with E-state index in [4.69, 9.17) is 9.72 Å². The summed E-state index contributed by atoms with van der Waals surface area (Å²) in [7, 11) is 0. The number of rotatable bonds is 7. The molecule has 0 aliphatic rings. The topological polar surface area (TPSA) is 97.4 Å². The van der Waals surface area contributed by atoms with E-state index in [1.807, 2.05) is 60.7 Å². The molecule has 0 fully saturated rings. The van der Waals surface area contributed by atoms with Crippen LogP contribution in [0.2, 0.25) is 0 Å². The first-order valence-corrected chi connectivity index (χ1v) is 12.9. The Bertz CT molecular complexity index is 1690. The Morgan fingerprint density at radius 2 is 1.38 bits per heavy atom. The van der Waals surface area contributed by atoms with Gasteiger partial charge in [-0.3, -0.25) is 9.59 Å². The van der Waals surface area contributed by atoms with Crippen molar-refractivity contribution >= 4 is 56.0 Å². The minimum Gasteiger partial charge on any atom is -0.452 e. The zero-order valence-electron chi connectivity index (χ0n) is 20.6. The molecule has 39 heavy (non-hydrogen) atoms. The highest BCUT2D eigenvalue weighted by Gasteiger charge is 2.19. The number of aromatic nitrogens is 1. The third-order valence-electron chi connectivity index (χ3n) is 5.91. The molecule has 5 rings (SSSR count). The number of benzene rings is 4. The van der Waals surface area contributed by atoms with Crippen LogP contribution in [0.15, 0.2) is 114 Å². The van der Waals surface area contributed by atoms with Crippen LogP contribution in [-0.4, -0.2) is 29.4 Å². The molecule has 1 aromatic heterocycles. The van der Waals surface area contributed by atoms with E-state index in [0.717, 1.165) is 5.56 Å². The maximum atomic E-state index is 13.5. The lowest BCUT2D eigenvalue weighted by molar-refractivity contribution is -0.119. The number of carbonyl (C=O) groups is 3. The third kappa shape index (κ3) is 6.02. The van der Waals surface area contributed by atoms with E-state index < -0.39 is 24.4 Å². The fourth-order valence-corrected chi connectivity index (χ4v) is 4.42. The predicted octanol–water partition coefficient (Wildman–Crippen LogP) is 6.71. The molecule has 7 nitrogen and oxygen atoms in total. The summed E-state index contributed by atoms with van der Waals surface area (Å²) in [4.78, 5) is 43.5. The van der Waals surface area contributed by atoms with Gasteiger partial charge in [-0.25, -0.2) is 9.78 Å². The summed E-state index contributed by atoms with van der Waals surface area (Å²) in [6.45, 7) is -0.488. The number of pyridine rings is 1. The lowest BCUT2D eigenvalue weighted by Crippen LogP contribution is -2.22. The number of ether oxygens (including phenoxy) is 1. The molecule has 0 radical (unpaired) electrons. The van der Waals surface area contributed by atoms with E-state index >= 15 is 0 Å². The number of hydrogen-bond acceptors (Lipinski definition) is 5. The number of anilines is 2. The fraction of sp³-hybridized carbons (Fsp3) is 0.0323. The van der Waals surface area contributed by atoms with Crippen LogP contribution < -0.4 is 10.6 Å². The van der Waals surface area contributed by atoms with Crippen molar-refractivity contribution in [2.75, 3.05) is 17.2 Å². The number of halogens is 1. The van der Waals surface area contributed by atoms with Gasteiger partial charge in [0.25, 0.3) is 11.8 Å². The van der Waals surface area contributed by atoms with Crippen LogP contribution in [0.3, 0.4) is 0 Å². The van der Waals surface area contributed by atoms with Gasteiger partial charge in [0.05, 0.1) is 33.7 Å². The molecule has 0 aliphatic carbocycles. The molecule has 0 saturated heterocycles. The molecular formula is C31H22BrN3O4. The lowest BCUT2D eigenvalue weighted by Gasteiger charge is -2.13. The first-order chi connectivity index (χ1) is 19.0. The van der Waals surface area contributed by atoms with Crippen molar-refractivity contribution < 1.29 is 19.1 Å². The SMILES string of the molecule is O=C(COC(=O)c1ccccc1NC(=O)c1cc(-c2ccccc2)nc2ccccc12)Nc1ccccc1Br. The van der Waals surface area contributed by atoms with Gasteiger partial charge >= 0.3 is 5.97 Å². The highest BCUT2D eigenvalue weighted by molar-refractivity contribution is 9.10. The maximum absolute atomic E-state index is 13.5. The van der Waals surface area contributed by atoms with E-state index in [-0.39, 0.29) is 11.3 Å². The summed E-state index contributed by atoms with van der Waals surface area (Å²) in [5.74, 6) is -1.64. The Kier molecular flexibility index (Phi) is 7.75. The van der Waals surface area contributed by atoms with Gasteiger partial charge in [-0.1, -0.05) is 72.8 Å². The number of hydrogen-bond donors (Lipinski definition) is 2. The molecule has 2 amide bonds. The molecule has 0 bridgehead atoms. The molecule has 0 saturated carbocycles. The summed E-state index contributed by atoms with van der Waals surface area (Å²) in [6.07, 6.45) is 0. The van der Waals surface area contributed by atoms with Gasteiger partial charge in [0.15, 0.2) is 6.61 Å². The van der Waals surface area contributed by atoms with E-state index in [2.05, 4.69) is 26.6 Å². The van der Waals surface area contributed by atoms with Crippen molar-refractivity contribution in [3.8, 4) is 11.3 Å². The van der Waals surface area contributed by atoms with Crippen LogP contribution in [0.1, 0.15) is 20.7 Å². The maximum Gasteiger partial charge on any atom is 0.340 e. The summed E-state index contributed by atoms with van der Waals surface area (Å²) < 4.78 is 5.95. The molecule has 0 unspecified atom stereocenters. The Hall–Kier alpha value is -4.82. The summed E-state index contributed by atoms with van der Waals surface area (Å²) in [5, 5.41) is 6.20. The molecule has 8 heteroatoms. The highest BCUT2D eigenvalue weighted by Crippen LogP contribution is 2.26. The molecule has 4 aromatic carbocycles. The van der Waals surface area contributed by atoms with Crippen LogP contribution in [0.4, 0.5) is 11.4 Å². The number of fused-ring (bicyclic) bond motifs is 1. The Morgan fingerprint density at radius 1 is 0.718 bits per heavy atom. The minimum absolute atomic E-state index is 0.126. The van der Waals surface area contributed by atoms with Crippen LogP contribution in [0.5, 0.6) is 0 Å². The molecule has 0 aliphatic heterocycles. The van der Waals surface area contributed by atoms with E-state index in [1.165, 1.54) is 6.07 Å². The lowest BCUT2D eigenvalue weighted by atomic mass is 10.0. The van der Waals surface area contributed by atoms with Crippen LogP contribution >= 0.6 is 15.9 Å². The molecule has 5 aromatic rings. The molecule has 0 spiro atoms. The van der Waals surface area contributed by atoms with Crippen molar-refractivity contribution in [2.24, 2.45) is 0 Å². The average Bonchev–Trinajstić information content (AvgIpc) is 2.97. The molecule has 1 heterocycles. The molecule has 2 N–H and O–H groups in total. The first-order valence-electron chi connectivity index (χ1n) is 12.1. The standard InChI is InChI=1S/C31H22BrN3O4/c32-24-14-6-9-17-27(24)34-29(36)19-39-31(38)22-13-5-8-16-26(22)35-30(37)23-18-28(20-10-2-1-3-11-20)33-25-15-7-4-12-21(23)25/h1-18H,19H2,(H,34,36)(H,35,37). The summed E-state index contributed by atoms with van der Waals surface area (Å²) >= 11 is 3.36. The first kappa shape index (κ1) is 25.8. The quantitative estimate of drug-likeness (QED) is 0.209. The van der Waals surface area contributed by atoms with Crippen LogP contribution in [-0.2, 0) is 9.53 Å². The van der Waals surface area contributed by atoms with Gasteiger partial charge in [0.2, 0.25) is 0 Å². The van der Waals surface area contributed by atoms with E-state index in [1.54, 1.807) is 42.5 Å². The molecular weight excluding hydrogens is 558 g/mol. The zero-order valence-corrected chi connectivity index (χ0v) is 22.1. The van der Waals surface area contributed by atoms with E-state index in [0.29, 0.717) is 32.3 Å². The van der Waals surface area contributed by atoms with Crippen molar-refractivity contribution in [1.82, 2.24) is 4.98 Å². The second kappa shape index (κ2) is 11.7. The van der Waals surface area contributed by atoms with Gasteiger partial charge in [-0.05, 0) is 52.3 Å². The molecule has 192 valence electrons. The normalized spacial score (nSPS) is 10.6. The van der Waals surface area contributed by atoms with Crippen molar-refractivity contribution in [3.63, 3.8) is 0 Å².